The number of aliphatic hydroxyl groups excluding tert-OH is 2. The lowest BCUT2D eigenvalue weighted by Gasteiger charge is -2.16. The van der Waals surface area contributed by atoms with Gasteiger partial charge in [0, 0.05) is 12.6 Å². The molecule has 1 aromatic rings. The Morgan fingerprint density at radius 3 is 1.57 bits per heavy atom. The number of unbranched alkanes of at least 4 members (excludes halogenated alkanes) is 12. The van der Waals surface area contributed by atoms with E-state index in [1.807, 2.05) is 12.1 Å². The van der Waals surface area contributed by atoms with Crippen LogP contribution in [-0.2, 0) is 6.42 Å². The molecule has 4 nitrogen and oxygen atoms in total. The third-order valence-electron chi connectivity index (χ3n) is 5.41. The van der Waals surface area contributed by atoms with Gasteiger partial charge in [0.1, 0.15) is 5.75 Å². The minimum Gasteiger partial charge on any atom is -0.508 e. The molecule has 0 saturated carbocycles. The van der Waals surface area contributed by atoms with Crippen LogP contribution in [0.4, 0.5) is 0 Å². The summed E-state index contributed by atoms with van der Waals surface area (Å²) in [7, 11) is 0. The average Bonchev–Trinajstić information content (AvgIpc) is 2.71. The Bertz CT molecular complexity index is 450. The van der Waals surface area contributed by atoms with Gasteiger partial charge in [-0.1, -0.05) is 82.8 Å². The molecule has 0 fully saturated rings. The van der Waals surface area contributed by atoms with Crippen LogP contribution in [-0.4, -0.2) is 41.1 Å². The van der Waals surface area contributed by atoms with Crippen molar-refractivity contribution in [3.8, 4) is 5.75 Å². The number of benzene rings is 1. The minimum atomic E-state index is 0.0909. The van der Waals surface area contributed by atoms with Crippen molar-refractivity contribution in [2.75, 3.05) is 19.8 Å². The number of rotatable bonds is 19. The van der Waals surface area contributed by atoms with E-state index in [1.165, 1.54) is 77.0 Å². The summed E-state index contributed by atoms with van der Waals surface area (Å²) in [6, 6.07) is 7.31. The third-order valence-corrected chi connectivity index (χ3v) is 5.41. The highest BCUT2D eigenvalue weighted by Gasteiger charge is 2.07. The molecular formula is C24H43NO3. The first-order chi connectivity index (χ1) is 13.8. The highest BCUT2D eigenvalue weighted by molar-refractivity contribution is 5.26. The van der Waals surface area contributed by atoms with Gasteiger partial charge >= 0.3 is 0 Å². The maximum Gasteiger partial charge on any atom is 0.115 e. The molecule has 0 unspecified atom stereocenters. The second-order valence-corrected chi connectivity index (χ2v) is 8.02. The number of phenolic OH excluding ortho intramolecular Hbond substituents is 1. The smallest absolute Gasteiger partial charge is 0.115 e. The maximum atomic E-state index is 9.54. The van der Waals surface area contributed by atoms with E-state index in [1.54, 1.807) is 12.1 Å². The van der Waals surface area contributed by atoms with Crippen LogP contribution >= 0.6 is 0 Å². The maximum absolute atomic E-state index is 9.54. The van der Waals surface area contributed by atoms with Crippen molar-refractivity contribution in [2.24, 2.45) is 0 Å². The van der Waals surface area contributed by atoms with Crippen LogP contribution in [0.3, 0.4) is 0 Å². The Hall–Kier alpha value is -1.10. The van der Waals surface area contributed by atoms with Crippen LogP contribution in [0.25, 0.3) is 0 Å². The van der Waals surface area contributed by atoms with E-state index in [-0.39, 0.29) is 18.4 Å². The largest absolute Gasteiger partial charge is 0.508 e. The van der Waals surface area contributed by atoms with Crippen molar-refractivity contribution in [1.82, 2.24) is 5.32 Å². The van der Waals surface area contributed by atoms with Crippen LogP contribution in [0.1, 0.15) is 89.0 Å². The molecule has 0 aliphatic heterocycles. The van der Waals surface area contributed by atoms with Crippen LogP contribution in [0.2, 0.25) is 0 Å². The molecule has 0 aliphatic carbocycles. The fraction of sp³-hybridized carbons (Fsp3) is 0.750. The van der Waals surface area contributed by atoms with Crippen molar-refractivity contribution >= 4 is 0 Å². The predicted octanol–water partition coefficient (Wildman–Crippen LogP) is 4.95. The van der Waals surface area contributed by atoms with Crippen molar-refractivity contribution in [1.29, 1.82) is 0 Å². The number of phenols is 1. The van der Waals surface area contributed by atoms with Gasteiger partial charge in [-0.2, -0.15) is 0 Å². The number of aromatic hydroxyl groups is 1. The lowest BCUT2D eigenvalue weighted by Crippen LogP contribution is -2.35. The van der Waals surface area contributed by atoms with E-state index in [0.717, 1.165) is 24.9 Å². The van der Waals surface area contributed by atoms with Crippen molar-refractivity contribution in [2.45, 2.75) is 95.9 Å². The van der Waals surface area contributed by atoms with E-state index >= 15 is 0 Å². The standard InChI is InChI=1S/C24H43NO3/c26-19-13-11-9-7-5-3-1-2-4-6-8-10-12-18-25-23(21-27)20-22-14-16-24(28)17-15-22/h14-17,23,25-28H,1-13,18-21H2/t23-/m0/s1. The second-order valence-electron chi connectivity index (χ2n) is 8.02. The van der Waals surface area contributed by atoms with Gasteiger partial charge in [0.05, 0.1) is 6.61 Å². The second kappa shape index (κ2) is 18.0. The van der Waals surface area contributed by atoms with Crippen molar-refractivity contribution in [3.63, 3.8) is 0 Å². The molecule has 0 amide bonds. The summed E-state index contributed by atoms with van der Waals surface area (Å²) in [6.07, 6.45) is 17.4. The predicted molar refractivity (Wildman–Crippen MR) is 118 cm³/mol. The van der Waals surface area contributed by atoms with E-state index in [4.69, 9.17) is 5.11 Å². The molecule has 4 heteroatoms. The van der Waals surface area contributed by atoms with Gasteiger partial charge < -0.3 is 20.6 Å². The molecule has 4 N–H and O–H groups in total. The normalized spacial score (nSPS) is 12.4. The SMILES string of the molecule is OCCCCCCCCCCCCCCCN[C@H](CO)Cc1ccc(O)cc1. The van der Waals surface area contributed by atoms with Gasteiger partial charge in [0.25, 0.3) is 0 Å². The highest BCUT2D eigenvalue weighted by atomic mass is 16.3. The van der Waals surface area contributed by atoms with E-state index < -0.39 is 0 Å². The molecule has 0 heterocycles. The average molecular weight is 394 g/mol. The summed E-state index contributed by atoms with van der Waals surface area (Å²) in [5.41, 5.74) is 1.13. The van der Waals surface area contributed by atoms with Crippen LogP contribution in [0.15, 0.2) is 24.3 Å². The van der Waals surface area contributed by atoms with Crippen LogP contribution < -0.4 is 5.32 Å². The molecule has 0 aromatic heterocycles. The Kier molecular flexibility index (Phi) is 16.0. The first-order valence-corrected chi connectivity index (χ1v) is 11.5. The summed E-state index contributed by atoms with van der Waals surface area (Å²) < 4.78 is 0. The fourth-order valence-electron chi connectivity index (χ4n) is 3.61. The van der Waals surface area contributed by atoms with Gasteiger partial charge in [-0.25, -0.2) is 0 Å². The lowest BCUT2D eigenvalue weighted by molar-refractivity contribution is 0.241. The number of aliphatic hydroxyl groups is 2. The Balaban J connectivity index is 1.87. The third kappa shape index (κ3) is 14.0. The number of nitrogens with one attached hydrogen (secondary N) is 1. The molecule has 1 aromatic carbocycles. The molecule has 0 saturated heterocycles. The fourth-order valence-corrected chi connectivity index (χ4v) is 3.61. The summed E-state index contributed by atoms with van der Waals surface area (Å²) in [5, 5.41) is 31.0. The zero-order chi connectivity index (χ0) is 20.3. The van der Waals surface area contributed by atoms with E-state index in [0.29, 0.717) is 6.61 Å². The first-order valence-electron chi connectivity index (χ1n) is 11.5. The summed E-state index contributed by atoms with van der Waals surface area (Å²) >= 11 is 0. The molecule has 1 atom stereocenters. The van der Waals surface area contributed by atoms with Gasteiger partial charge in [-0.3, -0.25) is 0 Å². The molecule has 162 valence electrons. The Morgan fingerprint density at radius 1 is 0.643 bits per heavy atom. The lowest BCUT2D eigenvalue weighted by atomic mass is 10.0. The van der Waals surface area contributed by atoms with Crippen LogP contribution in [0, 0.1) is 0 Å². The van der Waals surface area contributed by atoms with Gasteiger partial charge in [-0.15, -0.1) is 0 Å². The summed E-state index contributed by atoms with van der Waals surface area (Å²) in [6.45, 7) is 1.44. The molecule has 0 aliphatic rings. The molecule has 0 radical (unpaired) electrons. The van der Waals surface area contributed by atoms with Crippen molar-refractivity contribution in [3.05, 3.63) is 29.8 Å². The molecular weight excluding hydrogens is 350 g/mol. The number of hydrogen-bond donors (Lipinski definition) is 4. The quantitative estimate of drug-likeness (QED) is 0.251. The molecule has 1 rings (SSSR count). The highest BCUT2D eigenvalue weighted by Crippen LogP contribution is 2.13. The van der Waals surface area contributed by atoms with Crippen molar-refractivity contribution < 1.29 is 15.3 Å². The Morgan fingerprint density at radius 2 is 1.11 bits per heavy atom. The first kappa shape index (κ1) is 24.9. The topological polar surface area (TPSA) is 72.7 Å². The zero-order valence-electron chi connectivity index (χ0n) is 17.7. The Labute approximate surface area is 172 Å². The molecule has 0 spiro atoms. The van der Waals surface area contributed by atoms with Gasteiger partial charge in [-0.05, 0) is 43.5 Å². The van der Waals surface area contributed by atoms with Gasteiger partial charge in [0.15, 0.2) is 0 Å². The van der Waals surface area contributed by atoms with Gasteiger partial charge in [0.2, 0.25) is 0 Å². The minimum absolute atomic E-state index is 0.0909. The molecule has 0 bridgehead atoms. The summed E-state index contributed by atoms with van der Waals surface area (Å²) in [5.74, 6) is 0.284. The monoisotopic (exact) mass is 393 g/mol. The van der Waals surface area contributed by atoms with Crippen LogP contribution in [0.5, 0.6) is 5.75 Å². The number of hydrogen-bond acceptors (Lipinski definition) is 4. The summed E-state index contributed by atoms with van der Waals surface area (Å²) in [4.78, 5) is 0. The zero-order valence-corrected chi connectivity index (χ0v) is 17.7. The van der Waals surface area contributed by atoms with E-state index in [9.17, 15) is 10.2 Å². The molecule has 28 heavy (non-hydrogen) atoms. The van der Waals surface area contributed by atoms with E-state index in [2.05, 4.69) is 5.32 Å².